The number of carbonyl (C=O) groups is 1. The van der Waals surface area contributed by atoms with Crippen LogP contribution in [-0.4, -0.2) is 30.0 Å². The zero-order chi connectivity index (χ0) is 23.1. The molecule has 0 aliphatic rings. The van der Waals surface area contributed by atoms with Crippen LogP contribution in [0.5, 0.6) is 0 Å². The maximum absolute atomic E-state index is 12.8. The Balaban J connectivity index is 1.67. The molecule has 10 heteroatoms. The van der Waals surface area contributed by atoms with Crippen LogP contribution in [0.3, 0.4) is 0 Å². The number of nitrogens with one attached hydrogen (secondary N) is 2. The van der Waals surface area contributed by atoms with Crippen LogP contribution < -0.4 is 10.9 Å². The molecule has 0 unspecified atom stereocenters. The van der Waals surface area contributed by atoms with E-state index in [-0.39, 0.29) is 21.7 Å². The third kappa shape index (κ3) is 6.21. The predicted molar refractivity (Wildman–Crippen MR) is 126 cm³/mol. The van der Waals surface area contributed by atoms with E-state index in [0.717, 1.165) is 42.8 Å². The molecule has 7 nitrogen and oxygen atoms in total. The lowest BCUT2D eigenvalue weighted by Crippen LogP contribution is -2.20. The fourth-order valence-corrected chi connectivity index (χ4v) is 4.93. The van der Waals surface area contributed by atoms with Crippen LogP contribution in [0, 0.1) is 0 Å². The number of aromatic nitrogens is 2. The lowest BCUT2D eigenvalue weighted by atomic mass is 10.1. The summed E-state index contributed by atoms with van der Waals surface area (Å²) >= 11 is 6.87. The molecule has 168 valence electrons. The highest BCUT2D eigenvalue weighted by molar-refractivity contribution is 7.99. The number of benzene rings is 2. The predicted octanol–water partition coefficient (Wildman–Crippen LogP) is 4.33. The number of carbonyl (C=O) groups excluding carboxylic acids is 1. The smallest absolute Gasteiger partial charge is 0.270 e. The fourth-order valence-electron chi connectivity index (χ4n) is 2.87. The highest BCUT2D eigenvalue weighted by atomic mass is 35.5. The highest BCUT2D eigenvalue weighted by Crippen LogP contribution is 2.20. The molecule has 0 aliphatic heterocycles. The number of aromatic amines is 1. The zero-order valence-corrected chi connectivity index (χ0v) is 19.7. The van der Waals surface area contributed by atoms with E-state index in [1.54, 1.807) is 36.4 Å². The minimum absolute atomic E-state index is 0.0270. The molecule has 32 heavy (non-hydrogen) atoms. The van der Waals surface area contributed by atoms with E-state index in [0.29, 0.717) is 10.7 Å². The van der Waals surface area contributed by atoms with Gasteiger partial charge in [-0.2, -0.15) is 0 Å². The van der Waals surface area contributed by atoms with Crippen molar-refractivity contribution in [2.24, 2.45) is 0 Å². The molecule has 2 N–H and O–H groups in total. The molecular weight excluding hydrogens is 470 g/mol. The summed E-state index contributed by atoms with van der Waals surface area (Å²) in [7, 11) is -4.01. The van der Waals surface area contributed by atoms with Crippen LogP contribution in [0.15, 0.2) is 74.5 Å². The van der Waals surface area contributed by atoms with E-state index in [1.165, 1.54) is 12.1 Å². The number of unbranched alkanes of at least 4 members (excludes halogenated alkanes) is 1. The number of aryl methyl sites for hydroxylation is 1. The molecule has 0 saturated heterocycles. The normalized spacial score (nSPS) is 11.3. The van der Waals surface area contributed by atoms with Gasteiger partial charge in [0.2, 0.25) is 15.7 Å². The Labute approximate surface area is 195 Å². The Morgan fingerprint density at radius 3 is 2.59 bits per heavy atom. The van der Waals surface area contributed by atoms with Crippen molar-refractivity contribution in [3.63, 3.8) is 0 Å². The molecule has 0 spiro atoms. The van der Waals surface area contributed by atoms with Crippen molar-refractivity contribution in [1.29, 1.82) is 0 Å². The first kappa shape index (κ1) is 24.0. The molecule has 0 radical (unpaired) electrons. The number of hydrogen-bond donors (Lipinski definition) is 2. The van der Waals surface area contributed by atoms with E-state index >= 15 is 0 Å². The molecule has 3 rings (SSSR count). The van der Waals surface area contributed by atoms with Gasteiger partial charge in [-0.05, 0) is 48.7 Å². The monoisotopic (exact) mass is 491 g/mol. The average molecular weight is 492 g/mol. The molecule has 0 aliphatic carbocycles. The Kier molecular flexibility index (Phi) is 8.11. The maximum atomic E-state index is 12.8. The van der Waals surface area contributed by atoms with Gasteiger partial charge in [0.25, 0.3) is 5.56 Å². The van der Waals surface area contributed by atoms with Crippen LogP contribution in [-0.2, 0) is 21.1 Å². The first-order valence-electron chi connectivity index (χ1n) is 9.91. The molecule has 0 bridgehead atoms. The van der Waals surface area contributed by atoms with Gasteiger partial charge in [0.05, 0.1) is 16.8 Å². The van der Waals surface area contributed by atoms with Gasteiger partial charge in [-0.1, -0.05) is 54.9 Å². The summed E-state index contributed by atoms with van der Waals surface area (Å²) in [6.07, 6.45) is 3.96. The van der Waals surface area contributed by atoms with Crippen LogP contribution in [0.2, 0.25) is 5.02 Å². The SMILES string of the molecule is CCCCc1ccc(S(=O)(=O)c2cnc(SCC(=O)Nc3cccc(Cl)c3)[nH]c2=O)cc1. The summed E-state index contributed by atoms with van der Waals surface area (Å²) in [6.45, 7) is 2.09. The molecule has 0 saturated carbocycles. The van der Waals surface area contributed by atoms with Gasteiger partial charge in [-0.15, -0.1) is 0 Å². The van der Waals surface area contributed by atoms with E-state index in [1.807, 2.05) is 0 Å². The van der Waals surface area contributed by atoms with Gasteiger partial charge >= 0.3 is 0 Å². The molecule has 3 aromatic rings. The summed E-state index contributed by atoms with van der Waals surface area (Å²) < 4.78 is 25.7. The van der Waals surface area contributed by atoms with Crippen molar-refractivity contribution < 1.29 is 13.2 Å². The van der Waals surface area contributed by atoms with Crippen LogP contribution in [0.4, 0.5) is 5.69 Å². The van der Waals surface area contributed by atoms with Crippen molar-refractivity contribution in [3.8, 4) is 0 Å². The summed E-state index contributed by atoms with van der Waals surface area (Å²) in [5.74, 6) is -0.347. The Bertz CT molecular complexity index is 1260. The van der Waals surface area contributed by atoms with Gasteiger partial charge in [-0.3, -0.25) is 9.59 Å². The molecular formula is C22H22ClN3O4S2. The minimum Gasteiger partial charge on any atom is -0.325 e. The summed E-state index contributed by atoms with van der Waals surface area (Å²) in [5.41, 5.74) is 0.806. The molecule has 2 aromatic carbocycles. The maximum Gasteiger partial charge on any atom is 0.270 e. The summed E-state index contributed by atoms with van der Waals surface area (Å²) in [5, 5.41) is 3.32. The standard InChI is InChI=1S/C22H22ClN3O4S2/c1-2-3-5-15-8-10-18(11-9-15)32(29,30)19-13-24-22(26-21(19)28)31-14-20(27)25-17-7-4-6-16(23)12-17/h4,6-13H,2-3,5,14H2,1H3,(H,25,27)(H,24,26,28). The fraction of sp³-hybridized carbons (Fsp3) is 0.227. The number of rotatable bonds is 9. The number of thioether (sulfide) groups is 1. The molecule has 1 amide bonds. The number of nitrogens with zero attached hydrogens (tertiary/aromatic N) is 1. The summed E-state index contributed by atoms with van der Waals surface area (Å²) in [4.78, 5) is 30.6. The Hall–Kier alpha value is -2.62. The van der Waals surface area contributed by atoms with Crippen LogP contribution in [0.25, 0.3) is 0 Å². The first-order valence-corrected chi connectivity index (χ1v) is 12.8. The second-order valence-corrected chi connectivity index (χ2v) is 10.3. The van der Waals surface area contributed by atoms with E-state index in [2.05, 4.69) is 22.2 Å². The minimum atomic E-state index is -4.01. The molecule has 0 fully saturated rings. The third-order valence-corrected chi connectivity index (χ3v) is 7.42. The lowest BCUT2D eigenvalue weighted by molar-refractivity contribution is -0.113. The van der Waals surface area contributed by atoms with E-state index in [9.17, 15) is 18.0 Å². The Morgan fingerprint density at radius 1 is 1.19 bits per heavy atom. The number of sulfone groups is 1. The van der Waals surface area contributed by atoms with Crippen molar-refractivity contribution in [1.82, 2.24) is 9.97 Å². The number of halogens is 1. The van der Waals surface area contributed by atoms with Crippen molar-refractivity contribution in [2.75, 3.05) is 11.1 Å². The molecule has 1 aromatic heterocycles. The molecule has 0 atom stereocenters. The third-order valence-electron chi connectivity index (χ3n) is 4.53. The van der Waals surface area contributed by atoms with Crippen LogP contribution >= 0.6 is 23.4 Å². The first-order chi connectivity index (χ1) is 15.3. The van der Waals surface area contributed by atoms with Gasteiger partial charge in [0, 0.05) is 10.7 Å². The number of anilines is 1. The molecule has 1 heterocycles. The lowest BCUT2D eigenvalue weighted by Gasteiger charge is -2.07. The van der Waals surface area contributed by atoms with Crippen molar-refractivity contribution >= 4 is 44.8 Å². The van der Waals surface area contributed by atoms with Gasteiger partial charge in [-0.25, -0.2) is 13.4 Å². The summed E-state index contributed by atoms with van der Waals surface area (Å²) in [6, 6.07) is 13.2. The quantitative estimate of drug-likeness (QED) is 0.340. The van der Waals surface area contributed by atoms with Gasteiger partial charge < -0.3 is 10.3 Å². The zero-order valence-electron chi connectivity index (χ0n) is 17.3. The Morgan fingerprint density at radius 2 is 1.94 bits per heavy atom. The van der Waals surface area contributed by atoms with Crippen molar-refractivity contribution in [3.05, 3.63) is 75.7 Å². The van der Waals surface area contributed by atoms with Crippen LogP contribution in [0.1, 0.15) is 25.3 Å². The second-order valence-electron chi connectivity index (χ2n) is 6.98. The number of amides is 1. The van der Waals surface area contributed by atoms with Crippen molar-refractivity contribution in [2.45, 2.75) is 41.1 Å². The van der Waals surface area contributed by atoms with Gasteiger partial charge in [0.1, 0.15) is 0 Å². The largest absolute Gasteiger partial charge is 0.325 e. The number of hydrogen-bond acceptors (Lipinski definition) is 6. The van der Waals surface area contributed by atoms with E-state index < -0.39 is 20.3 Å². The number of H-pyrrole nitrogens is 1. The highest BCUT2D eigenvalue weighted by Gasteiger charge is 2.22. The second kappa shape index (κ2) is 10.8. The average Bonchev–Trinajstić information content (AvgIpc) is 2.76. The topological polar surface area (TPSA) is 109 Å². The van der Waals surface area contributed by atoms with Gasteiger partial charge in [0.15, 0.2) is 10.1 Å². The van der Waals surface area contributed by atoms with E-state index in [4.69, 9.17) is 11.6 Å².